The second-order valence-corrected chi connectivity index (χ2v) is 5.78. The Morgan fingerprint density at radius 1 is 1.14 bits per heavy atom. The quantitative estimate of drug-likeness (QED) is 0.732. The standard InChI is InChI=1S/C15H22BrNO4/c1-15(2,9-16)17(3)14(18)10-7-11(19-4)13(21-6)12(8-10)20-5/h7-8H,9H2,1-6H3. The molecule has 0 saturated heterocycles. The second-order valence-electron chi connectivity index (χ2n) is 5.22. The predicted octanol–water partition coefficient (Wildman–Crippen LogP) is 2.96. The maximum Gasteiger partial charge on any atom is 0.254 e. The molecule has 1 amide bonds. The Morgan fingerprint density at radius 3 is 1.95 bits per heavy atom. The Kier molecular flexibility index (Phi) is 5.89. The van der Waals surface area contributed by atoms with E-state index in [1.165, 1.54) is 21.3 Å². The lowest BCUT2D eigenvalue weighted by atomic mass is 10.0. The van der Waals surface area contributed by atoms with Gasteiger partial charge in [0.2, 0.25) is 5.75 Å². The van der Waals surface area contributed by atoms with Crippen LogP contribution in [0.3, 0.4) is 0 Å². The number of carbonyl (C=O) groups is 1. The first-order valence-electron chi connectivity index (χ1n) is 6.46. The highest BCUT2D eigenvalue weighted by Crippen LogP contribution is 2.38. The van der Waals surface area contributed by atoms with E-state index in [1.807, 2.05) is 13.8 Å². The maximum atomic E-state index is 12.6. The second kappa shape index (κ2) is 7.02. The van der Waals surface area contributed by atoms with Gasteiger partial charge in [-0.15, -0.1) is 0 Å². The highest BCUT2D eigenvalue weighted by molar-refractivity contribution is 9.09. The van der Waals surface area contributed by atoms with Gasteiger partial charge in [0.05, 0.1) is 21.3 Å². The number of hydrogen-bond donors (Lipinski definition) is 0. The van der Waals surface area contributed by atoms with Crippen LogP contribution in [-0.4, -0.2) is 50.1 Å². The lowest BCUT2D eigenvalue weighted by Crippen LogP contribution is -2.46. The fraction of sp³-hybridized carbons (Fsp3) is 0.533. The average molecular weight is 360 g/mol. The molecule has 0 spiro atoms. The number of alkyl halides is 1. The molecule has 1 rings (SSSR count). The molecule has 0 N–H and O–H groups in total. The van der Waals surface area contributed by atoms with Gasteiger partial charge in [-0.2, -0.15) is 0 Å². The summed E-state index contributed by atoms with van der Waals surface area (Å²) >= 11 is 3.43. The molecule has 118 valence electrons. The van der Waals surface area contributed by atoms with E-state index in [0.717, 1.165) is 0 Å². The summed E-state index contributed by atoms with van der Waals surface area (Å²) in [6.07, 6.45) is 0. The minimum atomic E-state index is -0.308. The van der Waals surface area contributed by atoms with Crippen molar-refractivity contribution in [2.45, 2.75) is 19.4 Å². The van der Waals surface area contributed by atoms with Crippen LogP contribution >= 0.6 is 15.9 Å². The SMILES string of the molecule is COc1cc(C(=O)N(C)C(C)(C)CBr)cc(OC)c1OC. The number of ether oxygens (including phenoxy) is 3. The van der Waals surface area contributed by atoms with E-state index in [1.54, 1.807) is 24.1 Å². The van der Waals surface area contributed by atoms with E-state index >= 15 is 0 Å². The molecule has 0 bridgehead atoms. The largest absolute Gasteiger partial charge is 0.493 e. The highest BCUT2D eigenvalue weighted by atomic mass is 79.9. The summed E-state index contributed by atoms with van der Waals surface area (Å²) in [5, 5.41) is 0.673. The molecular weight excluding hydrogens is 338 g/mol. The number of methoxy groups -OCH3 is 3. The third-order valence-electron chi connectivity index (χ3n) is 3.45. The number of carbonyl (C=O) groups excluding carboxylic acids is 1. The molecule has 21 heavy (non-hydrogen) atoms. The van der Waals surface area contributed by atoms with Crippen molar-refractivity contribution in [3.8, 4) is 17.2 Å². The first-order chi connectivity index (χ1) is 9.82. The normalized spacial score (nSPS) is 11.0. The number of halogens is 1. The van der Waals surface area contributed by atoms with Gasteiger partial charge in [0.1, 0.15) is 0 Å². The van der Waals surface area contributed by atoms with Gasteiger partial charge in [0.15, 0.2) is 11.5 Å². The van der Waals surface area contributed by atoms with Crippen molar-refractivity contribution in [2.75, 3.05) is 33.7 Å². The van der Waals surface area contributed by atoms with Gasteiger partial charge in [-0.1, -0.05) is 15.9 Å². The maximum absolute atomic E-state index is 12.6. The molecule has 0 atom stereocenters. The van der Waals surface area contributed by atoms with Gasteiger partial charge >= 0.3 is 0 Å². The average Bonchev–Trinajstić information content (AvgIpc) is 2.51. The van der Waals surface area contributed by atoms with Crippen LogP contribution in [0.5, 0.6) is 17.2 Å². The Hall–Kier alpha value is -1.43. The molecule has 0 aromatic heterocycles. The molecule has 0 aliphatic carbocycles. The van der Waals surface area contributed by atoms with Gasteiger partial charge in [-0.05, 0) is 26.0 Å². The molecule has 0 aliphatic heterocycles. The van der Waals surface area contributed by atoms with Crippen LogP contribution in [-0.2, 0) is 0 Å². The first kappa shape index (κ1) is 17.6. The number of hydrogen-bond acceptors (Lipinski definition) is 4. The molecule has 0 fully saturated rings. The first-order valence-corrected chi connectivity index (χ1v) is 7.58. The van der Waals surface area contributed by atoms with Crippen molar-refractivity contribution in [1.29, 1.82) is 0 Å². The van der Waals surface area contributed by atoms with E-state index in [2.05, 4.69) is 15.9 Å². The van der Waals surface area contributed by atoms with Crippen molar-refractivity contribution in [3.63, 3.8) is 0 Å². The fourth-order valence-electron chi connectivity index (χ4n) is 1.76. The van der Waals surface area contributed by atoms with Gasteiger partial charge in [0.25, 0.3) is 5.91 Å². The van der Waals surface area contributed by atoms with Crippen molar-refractivity contribution >= 4 is 21.8 Å². The van der Waals surface area contributed by atoms with Crippen LogP contribution in [0.4, 0.5) is 0 Å². The van der Waals surface area contributed by atoms with Gasteiger partial charge in [0, 0.05) is 23.5 Å². The molecular formula is C15H22BrNO4. The molecule has 0 heterocycles. The number of nitrogens with zero attached hydrogens (tertiary/aromatic N) is 1. The van der Waals surface area contributed by atoms with Crippen LogP contribution < -0.4 is 14.2 Å². The molecule has 0 aliphatic rings. The summed E-state index contributed by atoms with van der Waals surface area (Å²) in [5.74, 6) is 1.29. The Morgan fingerprint density at radius 2 is 1.62 bits per heavy atom. The van der Waals surface area contributed by atoms with Crippen molar-refractivity contribution in [3.05, 3.63) is 17.7 Å². The Labute approximate surface area is 134 Å². The predicted molar refractivity (Wildman–Crippen MR) is 86.1 cm³/mol. The summed E-state index contributed by atoms with van der Waals surface area (Å²) in [5.41, 5.74) is 0.179. The van der Waals surface area contributed by atoms with Gasteiger partial charge in [-0.25, -0.2) is 0 Å². The molecule has 6 heteroatoms. The molecule has 0 radical (unpaired) electrons. The van der Waals surface area contributed by atoms with Gasteiger partial charge < -0.3 is 19.1 Å². The summed E-state index contributed by atoms with van der Waals surface area (Å²) in [7, 11) is 6.35. The fourth-order valence-corrected chi connectivity index (χ4v) is 2.14. The minimum absolute atomic E-state index is 0.112. The van der Waals surface area contributed by atoms with E-state index in [-0.39, 0.29) is 11.4 Å². The zero-order chi connectivity index (χ0) is 16.2. The van der Waals surface area contributed by atoms with Crippen LogP contribution in [0.1, 0.15) is 24.2 Å². The molecule has 1 aromatic carbocycles. The molecule has 5 nitrogen and oxygen atoms in total. The smallest absolute Gasteiger partial charge is 0.254 e. The molecule has 1 aromatic rings. The number of rotatable bonds is 6. The zero-order valence-electron chi connectivity index (χ0n) is 13.3. The minimum Gasteiger partial charge on any atom is -0.493 e. The monoisotopic (exact) mass is 359 g/mol. The third kappa shape index (κ3) is 3.61. The van der Waals surface area contributed by atoms with Gasteiger partial charge in [-0.3, -0.25) is 4.79 Å². The lowest BCUT2D eigenvalue weighted by molar-refractivity contribution is 0.0662. The van der Waals surface area contributed by atoms with Crippen LogP contribution in [0.2, 0.25) is 0 Å². The number of benzene rings is 1. The van der Waals surface area contributed by atoms with Crippen molar-refractivity contribution in [1.82, 2.24) is 4.90 Å². The van der Waals surface area contributed by atoms with E-state index < -0.39 is 0 Å². The molecule has 0 saturated carbocycles. The van der Waals surface area contributed by atoms with Crippen molar-refractivity contribution in [2.24, 2.45) is 0 Å². The van der Waals surface area contributed by atoms with E-state index in [9.17, 15) is 4.79 Å². The Balaban J connectivity index is 3.28. The van der Waals surface area contributed by atoms with Crippen LogP contribution in [0, 0.1) is 0 Å². The molecule has 0 unspecified atom stereocenters. The third-order valence-corrected chi connectivity index (χ3v) is 4.82. The summed E-state index contributed by atoms with van der Waals surface area (Å²) < 4.78 is 15.8. The topological polar surface area (TPSA) is 48.0 Å². The van der Waals surface area contributed by atoms with Crippen molar-refractivity contribution < 1.29 is 19.0 Å². The van der Waals surface area contributed by atoms with E-state index in [4.69, 9.17) is 14.2 Å². The summed E-state index contributed by atoms with van der Waals surface area (Å²) in [6, 6.07) is 3.31. The van der Waals surface area contributed by atoms with Crippen LogP contribution in [0.15, 0.2) is 12.1 Å². The summed E-state index contributed by atoms with van der Waals surface area (Å²) in [6.45, 7) is 3.97. The van der Waals surface area contributed by atoms with Crippen LogP contribution in [0.25, 0.3) is 0 Å². The summed E-state index contributed by atoms with van der Waals surface area (Å²) in [4.78, 5) is 14.3. The highest BCUT2D eigenvalue weighted by Gasteiger charge is 2.28. The lowest BCUT2D eigenvalue weighted by Gasteiger charge is -2.34. The number of amides is 1. The van der Waals surface area contributed by atoms with E-state index in [0.29, 0.717) is 28.1 Å². The Bertz CT molecular complexity index is 491. The zero-order valence-corrected chi connectivity index (χ0v) is 14.9.